The molecule has 2 heterocycles. The summed E-state index contributed by atoms with van der Waals surface area (Å²) in [6.07, 6.45) is 10.1. The predicted octanol–water partition coefficient (Wildman–Crippen LogP) is 3.63. The third-order valence-corrected chi connectivity index (χ3v) is 5.23. The lowest BCUT2D eigenvalue weighted by molar-refractivity contribution is 0.203. The zero-order valence-electron chi connectivity index (χ0n) is 14.5. The average Bonchev–Trinajstić information content (AvgIpc) is 3.11. The molecule has 1 fully saturated rings. The van der Waals surface area contributed by atoms with Crippen molar-refractivity contribution in [1.29, 1.82) is 0 Å². The summed E-state index contributed by atoms with van der Waals surface area (Å²) in [7, 11) is 0. The quantitative estimate of drug-likeness (QED) is 0.899. The van der Waals surface area contributed by atoms with Gasteiger partial charge in [0.2, 0.25) is 0 Å². The Balaban J connectivity index is 1.83. The zero-order chi connectivity index (χ0) is 17.4. The molecule has 0 saturated carbocycles. The Labute approximate surface area is 148 Å². The van der Waals surface area contributed by atoms with Crippen LogP contribution in [0.3, 0.4) is 0 Å². The van der Waals surface area contributed by atoms with Gasteiger partial charge in [-0.1, -0.05) is 30.4 Å². The van der Waals surface area contributed by atoms with Crippen LogP contribution >= 0.6 is 0 Å². The van der Waals surface area contributed by atoms with E-state index in [-0.39, 0.29) is 11.8 Å². The second kappa shape index (κ2) is 6.62. The van der Waals surface area contributed by atoms with E-state index in [1.165, 1.54) is 12.8 Å². The van der Waals surface area contributed by atoms with Crippen LogP contribution in [-0.4, -0.2) is 39.3 Å². The first-order valence-electron chi connectivity index (χ1n) is 9.01. The maximum absolute atomic E-state index is 11.0. The number of hydrogen-bond donors (Lipinski definition) is 2. The Morgan fingerprint density at radius 3 is 2.80 bits per heavy atom. The van der Waals surface area contributed by atoms with E-state index in [1.807, 2.05) is 37.3 Å². The number of phenolic OH excluding ortho intramolecular Hbond substituents is 1. The predicted molar refractivity (Wildman–Crippen MR) is 99.5 cm³/mol. The largest absolute Gasteiger partial charge is 0.505 e. The number of aromatic nitrogens is 1. The van der Waals surface area contributed by atoms with E-state index in [0.29, 0.717) is 11.9 Å². The molecule has 0 amide bonds. The van der Waals surface area contributed by atoms with E-state index in [0.717, 1.165) is 35.2 Å². The van der Waals surface area contributed by atoms with Crippen molar-refractivity contribution in [3.8, 4) is 5.75 Å². The van der Waals surface area contributed by atoms with Crippen LogP contribution < -0.4 is 0 Å². The molecule has 2 unspecified atom stereocenters. The lowest BCUT2D eigenvalue weighted by atomic mass is 9.89. The molecule has 1 aliphatic carbocycles. The summed E-state index contributed by atoms with van der Waals surface area (Å²) >= 11 is 0. The highest BCUT2D eigenvalue weighted by molar-refractivity contribution is 5.86. The number of aliphatic hydroxyl groups is 1. The molecule has 1 saturated heterocycles. The van der Waals surface area contributed by atoms with Crippen LogP contribution in [0.4, 0.5) is 0 Å². The lowest BCUT2D eigenvalue weighted by Crippen LogP contribution is -2.29. The number of nitrogens with zero attached hydrogens (tertiary/aromatic N) is 2. The van der Waals surface area contributed by atoms with E-state index in [4.69, 9.17) is 0 Å². The molecular weight excluding hydrogens is 312 g/mol. The van der Waals surface area contributed by atoms with Crippen molar-refractivity contribution in [2.45, 2.75) is 38.3 Å². The van der Waals surface area contributed by atoms with Crippen molar-refractivity contribution in [3.63, 3.8) is 0 Å². The van der Waals surface area contributed by atoms with E-state index < -0.39 is 6.10 Å². The number of aryl methyl sites for hydroxylation is 1. The molecule has 0 spiro atoms. The van der Waals surface area contributed by atoms with Gasteiger partial charge in [-0.05, 0) is 50.1 Å². The van der Waals surface area contributed by atoms with Gasteiger partial charge in [-0.25, -0.2) is 0 Å². The first-order valence-corrected chi connectivity index (χ1v) is 9.01. The number of aromatic hydroxyl groups is 1. The molecule has 1 aliphatic heterocycles. The number of rotatable bonds is 3. The number of fused-ring (bicyclic) bond motifs is 1. The van der Waals surface area contributed by atoms with Crippen molar-refractivity contribution in [1.82, 2.24) is 9.88 Å². The van der Waals surface area contributed by atoms with E-state index in [9.17, 15) is 10.2 Å². The number of allylic oxidation sites excluding steroid dienone is 2. The Bertz CT molecular complexity index is 850. The van der Waals surface area contributed by atoms with Crippen LogP contribution in [0.5, 0.6) is 5.75 Å². The molecule has 0 radical (unpaired) electrons. The molecular formula is C21H24N2O2. The smallest absolute Gasteiger partial charge is 0.146 e. The van der Waals surface area contributed by atoms with Crippen molar-refractivity contribution >= 4 is 10.9 Å². The highest BCUT2D eigenvalue weighted by atomic mass is 16.3. The summed E-state index contributed by atoms with van der Waals surface area (Å²) in [5, 5.41) is 22.0. The van der Waals surface area contributed by atoms with Gasteiger partial charge in [0.05, 0.1) is 12.1 Å². The summed E-state index contributed by atoms with van der Waals surface area (Å²) in [4.78, 5) is 6.87. The van der Waals surface area contributed by atoms with Crippen molar-refractivity contribution in [3.05, 3.63) is 59.3 Å². The molecule has 1 aromatic heterocycles. The summed E-state index contributed by atoms with van der Waals surface area (Å²) in [5.41, 5.74) is 3.77. The van der Waals surface area contributed by atoms with Crippen LogP contribution in [0.25, 0.3) is 10.9 Å². The number of likely N-dealkylation sites (tertiary alicyclic amines) is 1. The molecule has 130 valence electrons. The molecule has 2 N–H and O–H groups in total. The lowest BCUT2D eigenvalue weighted by Gasteiger charge is -2.32. The van der Waals surface area contributed by atoms with Gasteiger partial charge in [-0.15, -0.1) is 0 Å². The van der Waals surface area contributed by atoms with Crippen molar-refractivity contribution in [2.24, 2.45) is 0 Å². The van der Waals surface area contributed by atoms with Crippen molar-refractivity contribution < 1.29 is 10.2 Å². The van der Waals surface area contributed by atoms with Gasteiger partial charge in [0, 0.05) is 23.6 Å². The molecule has 2 aromatic rings. The molecule has 2 atom stereocenters. The minimum atomic E-state index is -0.450. The van der Waals surface area contributed by atoms with Gasteiger partial charge in [-0.2, -0.15) is 0 Å². The van der Waals surface area contributed by atoms with E-state index in [2.05, 4.69) is 16.0 Å². The van der Waals surface area contributed by atoms with E-state index in [1.54, 1.807) is 6.20 Å². The van der Waals surface area contributed by atoms with Gasteiger partial charge in [0.1, 0.15) is 11.3 Å². The number of hydrogen-bond acceptors (Lipinski definition) is 4. The number of phenols is 1. The molecule has 0 bridgehead atoms. The summed E-state index contributed by atoms with van der Waals surface area (Å²) in [6, 6.07) is 6.11. The first-order chi connectivity index (χ1) is 12.1. The van der Waals surface area contributed by atoms with Crippen LogP contribution in [0.15, 0.2) is 48.2 Å². The van der Waals surface area contributed by atoms with Crippen LogP contribution in [0.1, 0.15) is 36.4 Å². The van der Waals surface area contributed by atoms with Crippen molar-refractivity contribution in [2.75, 3.05) is 13.1 Å². The summed E-state index contributed by atoms with van der Waals surface area (Å²) in [6.45, 7) is 4.03. The second-order valence-electron chi connectivity index (χ2n) is 7.13. The first kappa shape index (κ1) is 16.3. The fourth-order valence-corrected chi connectivity index (χ4v) is 4.05. The third-order valence-electron chi connectivity index (χ3n) is 5.23. The van der Waals surface area contributed by atoms with Gasteiger partial charge < -0.3 is 10.2 Å². The van der Waals surface area contributed by atoms with Crippen LogP contribution in [0, 0.1) is 6.92 Å². The highest BCUT2D eigenvalue weighted by Crippen LogP contribution is 2.41. The number of aliphatic hydroxyl groups excluding tert-OH is 1. The molecule has 4 rings (SSSR count). The fraction of sp³-hybridized carbons (Fsp3) is 0.381. The Morgan fingerprint density at radius 1 is 1.24 bits per heavy atom. The average molecular weight is 336 g/mol. The molecule has 25 heavy (non-hydrogen) atoms. The Hall–Kier alpha value is -2.17. The Morgan fingerprint density at radius 2 is 2.04 bits per heavy atom. The summed E-state index contributed by atoms with van der Waals surface area (Å²) < 4.78 is 0. The van der Waals surface area contributed by atoms with Gasteiger partial charge in [-0.3, -0.25) is 9.88 Å². The maximum Gasteiger partial charge on any atom is 0.146 e. The fourth-order valence-electron chi connectivity index (χ4n) is 4.05. The second-order valence-corrected chi connectivity index (χ2v) is 7.13. The molecule has 4 nitrogen and oxygen atoms in total. The topological polar surface area (TPSA) is 56.6 Å². The standard InChI is InChI=1S/C21H24N2O2/c1-14-11-15-7-8-18(21(25)19(15)22-13-14)20(23-9-2-3-10-23)16-5-4-6-17(24)12-16/h4-8,11,13,17,20,24-25H,2-3,9-10,12H2,1H3. The number of pyridine rings is 1. The van der Waals surface area contributed by atoms with E-state index >= 15 is 0 Å². The maximum atomic E-state index is 11.0. The van der Waals surface area contributed by atoms with Gasteiger partial charge in [0.15, 0.2) is 0 Å². The SMILES string of the molecule is Cc1cnc2c(O)c(C(C3=CC=CC(O)C3)N3CCCC3)ccc2c1. The Kier molecular flexibility index (Phi) is 4.32. The van der Waals surface area contributed by atoms with Gasteiger partial charge in [0.25, 0.3) is 0 Å². The summed E-state index contributed by atoms with van der Waals surface area (Å²) in [5.74, 6) is 0.263. The zero-order valence-corrected chi connectivity index (χ0v) is 14.5. The normalized spacial score (nSPS) is 22.3. The minimum Gasteiger partial charge on any atom is -0.505 e. The monoisotopic (exact) mass is 336 g/mol. The van der Waals surface area contributed by atoms with Crippen LogP contribution in [0.2, 0.25) is 0 Å². The molecule has 1 aromatic carbocycles. The molecule has 4 heteroatoms. The third kappa shape index (κ3) is 3.08. The number of benzene rings is 1. The molecule has 2 aliphatic rings. The minimum absolute atomic E-state index is 0.00500. The van der Waals surface area contributed by atoms with Crippen LogP contribution in [-0.2, 0) is 0 Å². The highest BCUT2D eigenvalue weighted by Gasteiger charge is 2.30. The van der Waals surface area contributed by atoms with Gasteiger partial charge >= 0.3 is 0 Å².